The Morgan fingerprint density at radius 1 is 1.17 bits per heavy atom. The molecule has 0 rings (SSSR count). The predicted molar refractivity (Wildman–Crippen MR) is 58.7 cm³/mol. The van der Waals surface area contributed by atoms with Gasteiger partial charge in [0, 0.05) is 5.16 Å². The van der Waals surface area contributed by atoms with E-state index in [1.54, 1.807) is 0 Å². The van der Waals surface area contributed by atoms with Crippen LogP contribution in [0.15, 0.2) is 0 Å². The molecule has 0 aromatic heterocycles. The molecule has 1 unspecified atom stereocenters. The quantitative estimate of drug-likeness (QED) is 0.619. The van der Waals surface area contributed by atoms with E-state index in [4.69, 9.17) is 4.74 Å². The van der Waals surface area contributed by atoms with E-state index in [1.807, 2.05) is 0 Å². The Hall–Kier alpha value is 0.390. The first-order chi connectivity index (χ1) is 5.15. The van der Waals surface area contributed by atoms with Crippen molar-refractivity contribution < 1.29 is 4.74 Å². The van der Waals surface area contributed by atoms with Crippen molar-refractivity contribution in [2.24, 2.45) is 5.92 Å². The molecule has 0 saturated heterocycles. The van der Waals surface area contributed by atoms with E-state index < -0.39 is 0 Å². The molecule has 0 aliphatic carbocycles. The Balaban J connectivity index is 3.93. The van der Waals surface area contributed by atoms with Crippen molar-refractivity contribution in [3.05, 3.63) is 0 Å². The largest absolute Gasteiger partial charge is 0.374 e. The second-order valence-electron chi connectivity index (χ2n) is 5.04. The Labute approximate surface area is 79.5 Å². The second-order valence-corrected chi connectivity index (χ2v) is 6.60. The molecule has 0 fully saturated rings. The summed E-state index contributed by atoms with van der Waals surface area (Å²) < 4.78 is 5.83. The first-order valence-corrected chi connectivity index (χ1v) is 5.16. The van der Waals surface area contributed by atoms with Crippen LogP contribution in [0.3, 0.4) is 0 Å². The maximum absolute atomic E-state index is 5.83. The van der Waals surface area contributed by atoms with Crippen LogP contribution in [0.1, 0.15) is 41.5 Å². The summed E-state index contributed by atoms with van der Waals surface area (Å²) >= 11 is 0. The van der Waals surface area contributed by atoms with Gasteiger partial charge in [-0.15, -0.1) is 9.24 Å². The topological polar surface area (TPSA) is 9.23 Å². The van der Waals surface area contributed by atoms with Crippen LogP contribution in [-0.2, 0) is 4.74 Å². The number of ether oxygens (including phenoxy) is 1. The van der Waals surface area contributed by atoms with Crippen LogP contribution in [0, 0.1) is 5.92 Å². The van der Waals surface area contributed by atoms with Gasteiger partial charge < -0.3 is 4.74 Å². The third-order valence-corrected chi connectivity index (χ3v) is 2.37. The molecule has 0 amide bonds. The van der Waals surface area contributed by atoms with Gasteiger partial charge in [0.15, 0.2) is 0 Å². The van der Waals surface area contributed by atoms with Crippen molar-refractivity contribution in [3.63, 3.8) is 0 Å². The Morgan fingerprint density at radius 3 is 1.83 bits per heavy atom. The molecule has 0 saturated carbocycles. The van der Waals surface area contributed by atoms with E-state index in [0.717, 1.165) is 6.61 Å². The number of hydrogen-bond donors (Lipinski definition) is 0. The van der Waals surface area contributed by atoms with Gasteiger partial charge in [0.25, 0.3) is 0 Å². The van der Waals surface area contributed by atoms with Crippen molar-refractivity contribution in [1.29, 1.82) is 0 Å². The summed E-state index contributed by atoms with van der Waals surface area (Å²) in [6.45, 7) is 13.8. The zero-order chi connectivity index (χ0) is 9.99. The van der Waals surface area contributed by atoms with Crippen LogP contribution in [-0.4, -0.2) is 17.4 Å². The minimum Gasteiger partial charge on any atom is -0.374 e. The lowest BCUT2D eigenvalue weighted by Gasteiger charge is -2.32. The Morgan fingerprint density at radius 2 is 1.58 bits per heavy atom. The molecule has 12 heavy (non-hydrogen) atoms. The standard InChI is InChI=1S/C10H23OP/c1-8(2)10(5,6)11-7-9(3,4)12/h8H,7,12H2,1-6H3. The van der Waals surface area contributed by atoms with E-state index in [0.29, 0.717) is 5.92 Å². The maximum atomic E-state index is 5.83. The molecule has 74 valence electrons. The molecule has 0 aromatic rings. The minimum absolute atomic E-state index is 0.00611. The van der Waals surface area contributed by atoms with Crippen LogP contribution < -0.4 is 0 Å². The van der Waals surface area contributed by atoms with E-state index in [2.05, 4.69) is 50.8 Å². The summed E-state index contributed by atoms with van der Waals surface area (Å²) in [7, 11) is 2.80. The van der Waals surface area contributed by atoms with Crippen molar-refractivity contribution in [1.82, 2.24) is 0 Å². The molecule has 0 aliphatic heterocycles. The van der Waals surface area contributed by atoms with Crippen molar-refractivity contribution >= 4 is 9.24 Å². The van der Waals surface area contributed by atoms with Gasteiger partial charge in [-0.25, -0.2) is 0 Å². The molecule has 0 bridgehead atoms. The zero-order valence-electron chi connectivity index (χ0n) is 9.27. The average molecular weight is 190 g/mol. The van der Waals surface area contributed by atoms with Gasteiger partial charge in [-0.1, -0.05) is 27.7 Å². The van der Waals surface area contributed by atoms with Crippen molar-refractivity contribution in [2.75, 3.05) is 6.61 Å². The van der Waals surface area contributed by atoms with E-state index in [1.165, 1.54) is 0 Å². The first kappa shape index (κ1) is 12.4. The molecule has 1 atom stereocenters. The molecule has 0 heterocycles. The predicted octanol–water partition coefficient (Wildman–Crippen LogP) is 3.09. The fraction of sp³-hybridized carbons (Fsp3) is 1.00. The lowest BCUT2D eigenvalue weighted by Crippen LogP contribution is -2.35. The fourth-order valence-electron chi connectivity index (χ4n) is 0.539. The highest BCUT2D eigenvalue weighted by Crippen LogP contribution is 2.24. The summed E-state index contributed by atoms with van der Waals surface area (Å²) in [4.78, 5) is 0. The summed E-state index contributed by atoms with van der Waals surface area (Å²) in [5.41, 5.74) is -0.00611. The molecule has 0 radical (unpaired) electrons. The van der Waals surface area contributed by atoms with Crippen LogP contribution in [0.5, 0.6) is 0 Å². The highest BCUT2D eigenvalue weighted by atomic mass is 31.0. The monoisotopic (exact) mass is 190 g/mol. The molecular formula is C10H23OP. The molecule has 0 aliphatic rings. The molecule has 0 aromatic carbocycles. The summed E-state index contributed by atoms with van der Waals surface area (Å²) in [6.07, 6.45) is 0. The fourth-order valence-corrected chi connectivity index (χ4v) is 0.622. The highest BCUT2D eigenvalue weighted by Gasteiger charge is 2.25. The van der Waals surface area contributed by atoms with E-state index in [9.17, 15) is 0 Å². The lowest BCUT2D eigenvalue weighted by molar-refractivity contribution is -0.0565. The molecule has 0 spiro atoms. The van der Waals surface area contributed by atoms with Crippen LogP contribution >= 0.6 is 9.24 Å². The zero-order valence-corrected chi connectivity index (χ0v) is 10.4. The third kappa shape index (κ3) is 5.11. The van der Waals surface area contributed by atoms with Gasteiger partial charge in [-0.05, 0) is 19.8 Å². The SMILES string of the molecule is CC(C)C(C)(C)OCC(C)(C)P. The molecule has 0 N–H and O–H groups in total. The molecule has 1 nitrogen and oxygen atoms in total. The maximum Gasteiger partial charge on any atom is 0.0649 e. The van der Waals surface area contributed by atoms with Gasteiger partial charge in [0.05, 0.1) is 12.2 Å². The summed E-state index contributed by atoms with van der Waals surface area (Å²) in [5.74, 6) is 0.560. The van der Waals surface area contributed by atoms with Crippen LogP contribution in [0.2, 0.25) is 0 Å². The average Bonchev–Trinajstić information content (AvgIpc) is 1.82. The van der Waals surface area contributed by atoms with E-state index >= 15 is 0 Å². The Bertz CT molecular complexity index is 133. The van der Waals surface area contributed by atoms with E-state index in [-0.39, 0.29) is 10.8 Å². The Kier molecular flexibility index (Phi) is 4.20. The summed E-state index contributed by atoms with van der Waals surface area (Å²) in [6, 6.07) is 0. The third-order valence-electron chi connectivity index (χ3n) is 2.21. The van der Waals surface area contributed by atoms with Crippen LogP contribution in [0.25, 0.3) is 0 Å². The molecule has 2 heteroatoms. The normalized spacial score (nSPS) is 14.0. The minimum atomic E-state index is -0.00611. The van der Waals surface area contributed by atoms with Crippen LogP contribution in [0.4, 0.5) is 0 Å². The van der Waals surface area contributed by atoms with Gasteiger partial charge in [-0.3, -0.25) is 0 Å². The van der Waals surface area contributed by atoms with Gasteiger partial charge in [-0.2, -0.15) is 0 Å². The first-order valence-electron chi connectivity index (χ1n) is 4.58. The second kappa shape index (κ2) is 4.07. The molecular weight excluding hydrogens is 167 g/mol. The van der Waals surface area contributed by atoms with Gasteiger partial charge >= 0.3 is 0 Å². The van der Waals surface area contributed by atoms with Crippen molar-refractivity contribution in [2.45, 2.75) is 52.3 Å². The summed E-state index contributed by atoms with van der Waals surface area (Å²) in [5, 5.41) is 0.187. The van der Waals surface area contributed by atoms with Gasteiger partial charge in [0.2, 0.25) is 0 Å². The highest BCUT2D eigenvalue weighted by molar-refractivity contribution is 7.18. The number of rotatable bonds is 4. The van der Waals surface area contributed by atoms with Crippen molar-refractivity contribution in [3.8, 4) is 0 Å². The van der Waals surface area contributed by atoms with Gasteiger partial charge in [0.1, 0.15) is 0 Å². The number of hydrogen-bond acceptors (Lipinski definition) is 1. The smallest absolute Gasteiger partial charge is 0.0649 e. The lowest BCUT2D eigenvalue weighted by atomic mass is 9.94.